The highest BCUT2D eigenvalue weighted by molar-refractivity contribution is 8.07. The summed E-state index contributed by atoms with van der Waals surface area (Å²) in [7, 11) is -5.88. The summed E-state index contributed by atoms with van der Waals surface area (Å²) in [5, 5.41) is 0. The molecule has 0 saturated heterocycles. The van der Waals surface area contributed by atoms with Crippen molar-refractivity contribution < 1.29 is 30.4 Å². The van der Waals surface area contributed by atoms with Crippen molar-refractivity contribution in [2.45, 2.75) is 5.51 Å². The summed E-state index contributed by atoms with van der Waals surface area (Å²) in [6, 6.07) is 0. The normalized spacial score (nSPS) is 16.4. The molecule has 0 aromatic carbocycles. The first-order chi connectivity index (χ1) is 4.67. The van der Waals surface area contributed by atoms with Gasteiger partial charge in [0.15, 0.2) is 10.0 Å². The number of alkyl halides is 3. The Morgan fingerprint density at radius 2 is 1.73 bits per heavy atom. The van der Waals surface area contributed by atoms with E-state index in [1.165, 1.54) is 4.13 Å². The Bertz CT molecular complexity index is 253. The fourth-order valence-electron chi connectivity index (χ4n) is 0.122. The maximum absolute atomic E-state index is 11.2. The van der Waals surface area contributed by atoms with Crippen molar-refractivity contribution in [1.29, 1.82) is 0 Å². The maximum atomic E-state index is 11.2. The lowest BCUT2D eigenvalue weighted by molar-refractivity contribution is -0.0425. The number of hydrogen-bond acceptors (Lipinski definition) is 4. The van der Waals surface area contributed by atoms with E-state index >= 15 is 0 Å². The van der Waals surface area contributed by atoms with Gasteiger partial charge in [0, 0.05) is 0 Å². The van der Waals surface area contributed by atoms with Crippen molar-refractivity contribution in [3.8, 4) is 0 Å². The predicted molar refractivity (Wildman–Crippen MR) is 27.3 cm³/mol. The summed E-state index contributed by atoms with van der Waals surface area (Å²) in [6.07, 6.45) is 0. The van der Waals surface area contributed by atoms with Crippen molar-refractivity contribution in [1.82, 2.24) is 0 Å². The molecule has 0 rings (SSSR count). The van der Waals surface area contributed by atoms with Gasteiger partial charge in [0.2, 0.25) is 0 Å². The minimum Gasteiger partial charge on any atom is -0.788 e. The molecule has 11 heavy (non-hydrogen) atoms. The van der Waals surface area contributed by atoms with Crippen LogP contribution in [0.2, 0.25) is 0 Å². The molecule has 0 amide bonds. The van der Waals surface area contributed by atoms with Gasteiger partial charge in [-0.25, -0.2) is 8.42 Å². The molecule has 0 saturated carbocycles. The van der Waals surface area contributed by atoms with Crippen molar-refractivity contribution in [2.24, 2.45) is 0 Å². The molecule has 0 aliphatic rings. The molecule has 1 unspecified atom stereocenters. The molecule has 1 atom stereocenters. The number of halogens is 3. The molecule has 0 heterocycles. The van der Waals surface area contributed by atoms with E-state index in [-0.39, 0.29) is 0 Å². The van der Waals surface area contributed by atoms with Crippen LogP contribution in [-0.4, -0.2) is 22.7 Å². The molecule has 0 spiro atoms. The van der Waals surface area contributed by atoms with E-state index in [0.717, 1.165) is 0 Å². The third-order valence-corrected chi connectivity index (χ3v) is 2.31. The van der Waals surface area contributed by atoms with Crippen LogP contribution in [0.5, 0.6) is 0 Å². The largest absolute Gasteiger partial charge is 0.788 e. The summed E-state index contributed by atoms with van der Waals surface area (Å²) in [5.74, 6) is 0. The molecule has 0 bridgehead atoms. The van der Waals surface area contributed by atoms with Crippen molar-refractivity contribution in [3.63, 3.8) is 0 Å². The van der Waals surface area contributed by atoms with Crippen LogP contribution < -0.4 is 0 Å². The van der Waals surface area contributed by atoms with E-state index in [0.29, 0.717) is 0 Å². The van der Waals surface area contributed by atoms with E-state index in [2.05, 4.69) is 0 Å². The number of sulfonamides is 1. The van der Waals surface area contributed by atoms with Gasteiger partial charge in [-0.05, 0) is 0 Å². The molecule has 0 N–H and O–H groups in total. The van der Waals surface area contributed by atoms with Crippen molar-refractivity contribution in [2.75, 3.05) is 0 Å². The zero-order valence-corrected chi connectivity index (χ0v) is 6.16. The summed E-state index contributed by atoms with van der Waals surface area (Å²) in [6.45, 7) is 0. The summed E-state index contributed by atoms with van der Waals surface area (Å²) < 4.78 is 73.5. The van der Waals surface area contributed by atoms with Gasteiger partial charge in [-0.3, -0.25) is 4.21 Å². The lowest BCUT2D eigenvalue weighted by Gasteiger charge is -2.24. The number of nitrogens with zero attached hydrogens (tertiary/aromatic N) is 1. The molecule has 0 aromatic rings. The number of rotatable bonds is 2. The number of hydrogen-bond donors (Lipinski definition) is 0. The SMILES string of the molecule is O=S([O-])[N-]S(=O)(=O)C(F)(F)F. The summed E-state index contributed by atoms with van der Waals surface area (Å²) >= 11 is -3.61. The first kappa shape index (κ1) is 10.8. The Morgan fingerprint density at radius 1 is 1.36 bits per heavy atom. The van der Waals surface area contributed by atoms with Crippen LogP contribution in [-0.2, 0) is 21.3 Å². The maximum Gasteiger partial charge on any atom is 0.480 e. The molecular weight excluding hydrogens is 211 g/mol. The first-order valence-corrected chi connectivity index (χ1v) is 4.27. The van der Waals surface area contributed by atoms with E-state index in [1.807, 2.05) is 0 Å². The molecule has 0 fully saturated rings. The topological polar surface area (TPSA) is 88.4 Å². The van der Waals surface area contributed by atoms with E-state index in [1.54, 1.807) is 0 Å². The van der Waals surface area contributed by atoms with Crippen LogP contribution in [0.1, 0.15) is 0 Å². The molecule has 68 valence electrons. The Kier molecular flexibility index (Phi) is 2.99. The van der Waals surface area contributed by atoms with Crippen LogP contribution >= 0.6 is 0 Å². The van der Waals surface area contributed by atoms with Crippen molar-refractivity contribution in [3.05, 3.63) is 4.13 Å². The fraction of sp³-hybridized carbons (Fsp3) is 1.00. The van der Waals surface area contributed by atoms with E-state index in [4.69, 9.17) is 0 Å². The van der Waals surface area contributed by atoms with Gasteiger partial charge >= 0.3 is 5.51 Å². The zero-order valence-electron chi connectivity index (χ0n) is 4.53. The zero-order chi connectivity index (χ0) is 9.28. The molecule has 0 radical (unpaired) electrons. The van der Waals surface area contributed by atoms with Crippen LogP contribution in [0.3, 0.4) is 0 Å². The summed E-state index contributed by atoms with van der Waals surface area (Å²) in [4.78, 5) is 0. The quantitative estimate of drug-likeness (QED) is 0.601. The highest BCUT2D eigenvalue weighted by atomic mass is 32.3. The summed E-state index contributed by atoms with van der Waals surface area (Å²) in [5.41, 5.74) is -5.66. The Balaban J connectivity index is 4.64. The molecule has 0 aliphatic heterocycles. The molecule has 10 heteroatoms. The lowest BCUT2D eigenvalue weighted by Crippen LogP contribution is -2.22. The second-order valence-corrected chi connectivity index (χ2v) is 3.66. The molecular formula is CF3NO4S2-2. The van der Waals surface area contributed by atoms with Gasteiger partial charge < -0.3 is 8.68 Å². The Hall–Kier alpha value is -0.190. The van der Waals surface area contributed by atoms with Gasteiger partial charge in [-0.2, -0.15) is 24.4 Å². The minimum absolute atomic E-state index is 1.44. The second-order valence-electron chi connectivity index (χ2n) is 1.21. The molecule has 0 aromatic heterocycles. The molecule has 5 nitrogen and oxygen atoms in total. The van der Waals surface area contributed by atoms with E-state index < -0.39 is 26.8 Å². The highest BCUT2D eigenvalue weighted by Gasteiger charge is 2.38. The van der Waals surface area contributed by atoms with Crippen LogP contribution in [0.15, 0.2) is 0 Å². The van der Waals surface area contributed by atoms with E-state index in [9.17, 15) is 30.4 Å². The van der Waals surface area contributed by atoms with Gasteiger partial charge in [0.1, 0.15) is 0 Å². The lowest BCUT2D eigenvalue weighted by atomic mass is 11.6. The minimum atomic E-state index is -5.88. The van der Waals surface area contributed by atoms with Gasteiger partial charge in [-0.1, -0.05) is 0 Å². The Morgan fingerprint density at radius 3 is 1.82 bits per heavy atom. The second kappa shape index (κ2) is 3.05. The van der Waals surface area contributed by atoms with Gasteiger partial charge in [0.25, 0.3) is 0 Å². The van der Waals surface area contributed by atoms with Crippen LogP contribution in [0.4, 0.5) is 13.2 Å². The Labute approximate surface area is 62.1 Å². The molecule has 0 aliphatic carbocycles. The van der Waals surface area contributed by atoms with Crippen molar-refractivity contribution >= 4 is 21.3 Å². The average Bonchev–Trinajstić information content (AvgIpc) is 1.56. The standard InChI is InChI=1S/CHF3NO4S2/c2-1(3,4)11(8,9)5-10(6)7/h(H,6,7)/q-1/p-1. The van der Waals surface area contributed by atoms with Gasteiger partial charge in [0.05, 0.1) is 0 Å². The van der Waals surface area contributed by atoms with Crippen LogP contribution in [0.25, 0.3) is 4.13 Å². The smallest absolute Gasteiger partial charge is 0.480 e. The average molecular weight is 211 g/mol. The third-order valence-electron chi connectivity index (χ3n) is 0.451. The highest BCUT2D eigenvalue weighted by Crippen LogP contribution is 2.28. The van der Waals surface area contributed by atoms with Crippen LogP contribution in [0, 0.1) is 0 Å². The van der Waals surface area contributed by atoms with Gasteiger partial charge in [-0.15, -0.1) is 0 Å². The first-order valence-electron chi connectivity index (χ1n) is 1.80. The third kappa shape index (κ3) is 3.14. The fourth-order valence-corrected chi connectivity index (χ4v) is 1.10. The monoisotopic (exact) mass is 211 g/mol. The predicted octanol–water partition coefficient (Wildman–Crippen LogP) is 0.00380.